The van der Waals surface area contributed by atoms with Gasteiger partial charge in [0.15, 0.2) is 11.0 Å². The quantitative estimate of drug-likeness (QED) is 0.281. The summed E-state index contributed by atoms with van der Waals surface area (Å²) in [7, 11) is 0. The number of hydrogen-bond acceptors (Lipinski definition) is 5. The zero-order chi connectivity index (χ0) is 24.8. The number of thioether (sulfide) groups is 1. The Balaban J connectivity index is 1.51. The molecule has 1 aromatic heterocycles. The molecule has 35 heavy (non-hydrogen) atoms. The van der Waals surface area contributed by atoms with E-state index in [4.69, 9.17) is 4.74 Å². The van der Waals surface area contributed by atoms with Crippen LogP contribution in [-0.2, 0) is 11.4 Å². The van der Waals surface area contributed by atoms with Crippen molar-refractivity contribution in [3.05, 3.63) is 95.3 Å². The highest BCUT2D eigenvalue weighted by molar-refractivity contribution is 7.99. The highest BCUT2D eigenvalue weighted by Gasteiger charge is 2.17. The second-order valence-corrected chi connectivity index (χ2v) is 9.69. The van der Waals surface area contributed by atoms with Gasteiger partial charge in [0.05, 0.1) is 5.75 Å². The van der Waals surface area contributed by atoms with E-state index in [0.29, 0.717) is 16.9 Å². The number of para-hydroxylation sites is 1. The largest absolute Gasteiger partial charge is 0.486 e. The molecule has 4 aromatic rings. The Bertz CT molecular complexity index is 1280. The first-order chi connectivity index (χ1) is 16.9. The number of nitrogens with one attached hydrogen (secondary N) is 1. The van der Waals surface area contributed by atoms with Crippen LogP contribution in [0.5, 0.6) is 5.75 Å². The first kappa shape index (κ1) is 24.5. The molecule has 0 radical (unpaired) electrons. The maximum absolute atomic E-state index is 12.8. The van der Waals surface area contributed by atoms with Crippen molar-refractivity contribution in [2.75, 3.05) is 11.1 Å². The van der Waals surface area contributed by atoms with Gasteiger partial charge in [-0.25, -0.2) is 0 Å². The fourth-order valence-corrected chi connectivity index (χ4v) is 4.42. The number of hydrogen-bond donors (Lipinski definition) is 1. The molecule has 0 spiro atoms. The number of amides is 1. The van der Waals surface area contributed by atoms with Gasteiger partial charge in [-0.05, 0) is 55.7 Å². The molecule has 0 bridgehead atoms. The summed E-state index contributed by atoms with van der Waals surface area (Å²) >= 11 is 1.35. The maximum atomic E-state index is 12.8. The number of ether oxygens (including phenoxy) is 1. The normalized spacial score (nSPS) is 11.0. The summed E-state index contributed by atoms with van der Waals surface area (Å²) in [6, 6.07) is 24.0. The minimum Gasteiger partial charge on any atom is -0.486 e. The van der Waals surface area contributed by atoms with Crippen molar-refractivity contribution in [2.45, 2.75) is 45.4 Å². The van der Waals surface area contributed by atoms with Crippen LogP contribution in [-0.4, -0.2) is 26.4 Å². The van der Waals surface area contributed by atoms with E-state index in [2.05, 4.69) is 29.4 Å². The van der Waals surface area contributed by atoms with Crippen molar-refractivity contribution in [1.82, 2.24) is 14.8 Å². The highest BCUT2D eigenvalue weighted by Crippen LogP contribution is 2.26. The average molecular weight is 487 g/mol. The SMILES string of the molecule is Cc1ccc(OCc2nnc(SCC(=O)Nc3ccccc3C(C)C)n2-c2ccc(C)cc2)cc1. The summed E-state index contributed by atoms with van der Waals surface area (Å²) < 4.78 is 7.93. The number of nitrogens with zero attached hydrogens (tertiary/aromatic N) is 3. The molecule has 0 aliphatic heterocycles. The van der Waals surface area contributed by atoms with Crippen LogP contribution >= 0.6 is 11.8 Å². The number of anilines is 1. The van der Waals surface area contributed by atoms with Crippen LogP contribution in [0.15, 0.2) is 78.0 Å². The van der Waals surface area contributed by atoms with E-state index >= 15 is 0 Å². The molecule has 7 heteroatoms. The van der Waals surface area contributed by atoms with Crippen LogP contribution in [0.4, 0.5) is 5.69 Å². The molecule has 180 valence electrons. The Morgan fingerprint density at radius 2 is 1.60 bits per heavy atom. The molecule has 0 saturated carbocycles. The summed E-state index contributed by atoms with van der Waals surface area (Å²) in [5.41, 5.74) is 5.23. The third-order valence-corrected chi connectivity index (χ3v) is 6.50. The van der Waals surface area contributed by atoms with Crippen molar-refractivity contribution in [2.24, 2.45) is 0 Å². The lowest BCUT2D eigenvalue weighted by Gasteiger charge is -2.14. The van der Waals surface area contributed by atoms with Gasteiger partial charge in [-0.1, -0.05) is 79.2 Å². The Labute approximate surface area is 210 Å². The molecule has 1 N–H and O–H groups in total. The summed E-state index contributed by atoms with van der Waals surface area (Å²) in [4.78, 5) is 12.8. The number of rotatable bonds is 9. The van der Waals surface area contributed by atoms with Gasteiger partial charge >= 0.3 is 0 Å². The Hall–Kier alpha value is -3.58. The van der Waals surface area contributed by atoms with E-state index in [1.807, 2.05) is 91.2 Å². The van der Waals surface area contributed by atoms with Crippen LogP contribution in [0, 0.1) is 13.8 Å². The topological polar surface area (TPSA) is 69.0 Å². The Morgan fingerprint density at radius 1 is 0.943 bits per heavy atom. The van der Waals surface area contributed by atoms with Crippen LogP contribution in [0.2, 0.25) is 0 Å². The van der Waals surface area contributed by atoms with Gasteiger partial charge < -0.3 is 10.1 Å². The van der Waals surface area contributed by atoms with Crippen molar-refractivity contribution in [3.8, 4) is 11.4 Å². The minimum absolute atomic E-state index is 0.0842. The van der Waals surface area contributed by atoms with Gasteiger partial charge in [0.25, 0.3) is 0 Å². The van der Waals surface area contributed by atoms with E-state index < -0.39 is 0 Å². The summed E-state index contributed by atoms with van der Waals surface area (Å²) in [6.45, 7) is 8.58. The summed E-state index contributed by atoms with van der Waals surface area (Å²) in [5.74, 6) is 1.89. The van der Waals surface area contributed by atoms with Gasteiger partial charge in [0.1, 0.15) is 12.4 Å². The van der Waals surface area contributed by atoms with E-state index in [1.54, 1.807) is 0 Å². The number of carbonyl (C=O) groups is 1. The Morgan fingerprint density at radius 3 is 2.29 bits per heavy atom. The fraction of sp³-hybridized carbons (Fsp3) is 0.250. The van der Waals surface area contributed by atoms with Crippen molar-refractivity contribution in [1.29, 1.82) is 0 Å². The first-order valence-electron chi connectivity index (χ1n) is 11.6. The van der Waals surface area contributed by atoms with E-state index in [1.165, 1.54) is 17.3 Å². The summed E-state index contributed by atoms with van der Waals surface area (Å²) in [6.07, 6.45) is 0. The predicted molar refractivity (Wildman–Crippen MR) is 141 cm³/mol. The molecule has 6 nitrogen and oxygen atoms in total. The molecule has 0 saturated heterocycles. The first-order valence-corrected chi connectivity index (χ1v) is 12.6. The molecule has 4 rings (SSSR count). The molecule has 0 aliphatic carbocycles. The zero-order valence-corrected chi connectivity index (χ0v) is 21.3. The highest BCUT2D eigenvalue weighted by atomic mass is 32.2. The molecule has 0 aliphatic rings. The zero-order valence-electron chi connectivity index (χ0n) is 20.5. The Kier molecular flexibility index (Phi) is 7.87. The van der Waals surface area contributed by atoms with Crippen molar-refractivity contribution in [3.63, 3.8) is 0 Å². The molecule has 1 amide bonds. The molecule has 0 unspecified atom stereocenters. The molecular weight excluding hydrogens is 456 g/mol. The van der Waals surface area contributed by atoms with Gasteiger partial charge in [-0.15, -0.1) is 10.2 Å². The number of aromatic nitrogens is 3. The van der Waals surface area contributed by atoms with Crippen LogP contribution in [0.3, 0.4) is 0 Å². The van der Waals surface area contributed by atoms with Crippen LogP contribution in [0.1, 0.15) is 42.3 Å². The third-order valence-electron chi connectivity index (χ3n) is 5.57. The standard InChI is InChI=1S/C28H30N4O2S/c1-19(2)24-7-5-6-8-25(24)29-27(33)18-35-28-31-30-26(17-34-23-15-11-21(4)12-16-23)32(28)22-13-9-20(3)10-14-22/h5-16,19H,17-18H2,1-4H3,(H,29,33). The van der Waals surface area contributed by atoms with E-state index in [9.17, 15) is 4.79 Å². The van der Waals surface area contributed by atoms with Crippen molar-refractivity contribution < 1.29 is 9.53 Å². The lowest BCUT2D eigenvalue weighted by Crippen LogP contribution is -2.16. The van der Waals surface area contributed by atoms with E-state index in [0.717, 1.165) is 28.3 Å². The molecule has 3 aromatic carbocycles. The smallest absolute Gasteiger partial charge is 0.234 e. The van der Waals surface area contributed by atoms with Crippen molar-refractivity contribution >= 4 is 23.4 Å². The number of aryl methyl sites for hydroxylation is 2. The minimum atomic E-state index is -0.0842. The predicted octanol–water partition coefficient (Wildman–Crippen LogP) is 6.32. The van der Waals surface area contributed by atoms with Gasteiger partial charge in [-0.3, -0.25) is 9.36 Å². The summed E-state index contributed by atoms with van der Waals surface area (Å²) in [5, 5.41) is 12.5. The lowest BCUT2D eigenvalue weighted by atomic mass is 10.0. The number of benzene rings is 3. The molecule has 0 fully saturated rings. The van der Waals surface area contributed by atoms with Gasteiger partial charge in [0, 0.05) is 11.4 Å². The average Bonchev–Trinajstić information content (AvgIpc) is 3.26. The number of carbonyl (C=O) groups excluding carboxylic acids is 1. The second-order valence-electron chi connectivity index (χ2n) is 8.75. The van der Waals surface area contributed by atoms with Crippen LogP contribution in [0.25, 0.3) is 5.69 Å². The molecule has 1 heterocycles. The van der Waals surface area contributed by atoms with Gasteiger partial charge in [0.2, 0.25) is 5.91 Å². The monoisotopic (exact) mass is 486 g/mol. The van der Waals surface area contributed by atoms with E-state index in [-0.39, 0.29) is 18.3 Å². The fourth-order valence-electron chi connectivity index (χ4n) is 3.65. The van der Waals surface area contributed by atoms with Crippen LogP contribution < -0.4 is 10.1 Å². The third kappa shape index (κ3) is 6.31. The second kappa shape index (κ2) is 11.2. The lowest BCUT2D eigenvalue weighted by molar-refractivity contribution is -0.113. The van der Waals surface area contributed by atoms with Gasteiger partial charge in [-0.2, -0.15) is 0 Å². The molecule has 0 atom stereocenters. The maximum Gasteiger partial charge on any atom is 0.234 e. The molecular formula is C28H30N4O2S.